The summed E-state index contributed by atoms with van der Waals surface area (Å²) in [6, 6.07) is 0. The van der Waals surface area contributed by atoms with Gasteiger partial charge < -0.3 is 24.4 Å². The van der Waals surface area contributed by atoms with Crippen molar-refractivity contribution >= 4 is 17.9 Å². The van der Waals surface area contributed by atoms with Gasteiger partial charge in [0.25, 0.3) is 0 Å². The standard InChI is InChI=1S/C22H26O8/c1-11-8-20-9-21(11,27)6-4-13(20)22-7-5-14(24)19(3,18(26)30-22)16(22)15(20)17(25)29-10-28-12(2)23/h5,7,13-16,24,27H,1,4,6,8-10H2,2-3H3. The highest BCUT2D eigenvalue weighted by atomic mass is 16.7. The van der Waals surface area contributed by atoms with Gasteiger partial charge in [0.15, 0.2) is 0 Å². The summed E-state index contributed by atoms with van der Waals surface area (Å²) in [5.41, 5.74) is -3.45. The van der Waals surface area contributed by atoms with E-state index in [2.05, 4.69) is 6.58 Å². The SMILES string of the molecule is C=C1CC23CC1(O)CCC2C12C=CC(O)C(C)(C(=O)O1)C2C3C(=O)OCOC(C)=O. The number of carbonyl (C=O) groups is 3. The van der Waals surface area contributed by atoms with Crippen LogP contribution in [-0.2, 0) is 28.6 Å². The van der Waals surface area contributed by atoms with Crippen LogP contribution in [0.4, 0.5) is 0 Å². The topological polar surface area (TPSA) is 119 Å². The summed E-state index contributed by atoms with van der Waals surface area (Å²) in [5.74, 6) is -3.41. The van der Waals surface area contributed by atoms with Crippen LogP contribution in [-0.4, -0.2) is 52.2 Å². The molecular weight excluding hydrogens is 392 g/mol. The Labute approximate surface area is 173 Å². The van der Waals surface area contributed by atoms with Gasteiger partial charge in [-0.15, -0.1) is 0 Å². The van der Waals surface area contributed by atoms with E-state index < -0.39 is 64.7 Å². The molecule has 0 aromatic heterocycles. The van der Waals surface area contributed by atoms with Crippen LogP contribution in [0, 0.1) is 28.6 Å². The Morgan fingerprint density at radius 2 is 2.10 bits per heavy atom. The third kappa shape index (κ3) is 2.06. The fraction of sp³-hybridized carbons (Fsp3) is 0.682. The summed E-state index contributed by atoms with van der Waals surface area (Å²) >= 11 is 0. The second-order valence-corrected chi connectivity index (χ2v) is 9.82. The molecule has 5 rings (SSSR count). The van der Waals surface area contributed by atoms with Gasteiger partial charge in [-0.1, -0.05) is 12.7 Å². The Balaban J connectivity index is 1.64. The molecule has 1 spiro atoms. The number of ether oxygens (including phenoxy) is 3. The minimum Gasteiger partial charge on any atom is -0.454 e. The highest BCUT2D eigenvalue weighted by Crippen LogP contribution is 2.77. The van der Waals surface area contributed by atoms with Crippen LogP contribution in [0.5, 0.6) is 0 Å². The van der Waals surface area contributed by atoms with Crippen molar-refractivity contribution in [3.63, 3.8) is 0 Å². The van der Waals surface area contributed by atoms with Gasteiger partial charge >= 0.3 is 17.9 Å². The van der Waals surface area contributed by atoms with Crippen molar-refractivity contribution in [3.05, 3.63) is 24.3 Å². The first-order valence-corrected chi connectivity index (χ1v) is 10.3. The summed E-state index contributed by atoms with van der Waals surface area (Å²) in [5, 5.41) is 21.9. The maximum atomic E-state index is 13.4. The molecule has 0 amide bonds. The van der Waals surface area contributed by atoms with Crippen molar-refractivity contribution in [2.75, 3.05) is 6.79 Å². The lowest BCUT2D eigenvalue weighted by molar-refractivity contribution is -0.177. The fourth-order valence-corrected chi connectivity index (χ4v) is 7.37. The van der Waals surface area contributed by atoms with Gasteiger partial charge in [0.2, 0.25) is 6.79 Å². The Kier molecular flexibility index (Phi) is 3.78. The molecule has 1 aliphatic heterocycles. The molecular formula is C22H26O8. The highest BCUT2D eigenvalue weighted by molar-refractivity contribution is 5.87. The zero-order chi connectivity index (χ0) is 21.7. The maximum Gasteiger partial charge on any atom is 0.316 e. The van der Waals surface area contributed by atoms with Crippen molar-refractivity contribution in [2.24, 2.45) is 28.6 Å². The normalized spacial score (nSPS) is 50.0. The lowest BCUT2D eigenvalue weighted by Crippen LogP contribution is -2.51. The van der Waals surface area contributed by atoms with Crippen molar-refractivity contribution < 1.29 is 38.8 Å². The molecule has 3 saturated carbocycles. The number of aliphatic hydroxyl groups excluding tert-OH is 1. The third-order valence-electron chi connectivity index (χ3n) is 8.57. The van der Waals surface area contributed by atoms with Gasteiger partial charge in [-0.3, -0.25) is 14.4 Å². The maximum absolute atomic E-state index is 13.4. The molecule has 8 heteroatoms. The minimum absolute atomic E-state index is 0.213. The smallest absolute Gasteiger partial charge is 0.316 e. The van der Waals surface area contributed by atoms with E-state index in [-0.39, 0.29) is 5.92 Å². The van der Waals surface area contributed by atoms with E-state index in [1.807, 2.05) is 0 Å². The average Bonchev–Trinajstić information content (AvgIpc) is 3.08. The Hall–Kier alpha value is -2.19. The molecule has 8 unspecified atom stereocenters. The number of hydrogen-bond acceptors (Lipinski definition) is 8. The van der Waals surface area contributed by atoms with Crippen LogP contribution in [0.25, 0.3) is 0 Å². The van der Waals surface area contributed by atoms with Crippen LogP contribution >= 0.6 is 0 Å². The van der Waals surface area contributed by atoms with Gasteiger partial charge in [-0.2, -0.15) is 0 Å². The van der Waals surface area contributed by atoms with E-state index in [0.717, 1.165) is 0 Å². The Bertz CT molecular complexity index is 909. The number of fused-ring (bicyclic) bond motifs is 1. The quantitative estimate of drug-likeness (QED) is 0.396. The number of hydrogen-bond donors (Lipinski definition) is 2. The van der Waals surface area contributed by atoms with Gasteiger partial charge in [0.1, 0.15) is 11.0 Å². The van der Waals surface area contributed by atoms with Crippen molar-refractivity contribution in [1.82, 2.24) is 0 Å². The molecule has 162 valence electrons. The van der Waals surface area contributed by atoms with Crippen molar-refractivity contribution in [1.29, 1.82) is 0 Å². The van der Waals surface area contributed by atoms with E-state index in [4.69, 9.17) is 14.2 Å². The molecule has 0 aromatic rings. The van der Waals surface area contributed by atoms with Crippen LogP contribution in [0.15, 0.2) is 24.3 Å². The van der Waals surface area contributed by atoms with Crippen LogP contribution in [0.3, 0.4) is 0 Å². The molecule has 2 N–H and O–H groups in total. The number of esters is 3. The first-order valence-electron chi connectivity index (χ1n) is 10.3. The van der Waals surface area contributed by atoms with E-state index >= 15 is 0 Å². The van der Waals surface area contributed by atoms with E-state index in [0.29, 0.717) is 31.3 Å². The molecule has 1 heterocycles. The summed E-state index contributed by atoms with van der Waals surface area (Å²) in [4.78, 5) is 37.5. The highest BCUT2D eigenvalue weighted by Gasteiger charge is 2.83. The van der Waals surface area contributed by atoms with Gasteiger partial charge in [0.05, 0.1) is 17.6 Å². The molecule has 5 aliphatic rings. The molecule has 8 nitrogen and oxygen atoms in total. The fourth-order valence-electron chi connectivity index (χ4n) is 7.37. The molecule has 1 saturated heterocycles. The summed E-state index contributed by atoms with van der Waals surface area (Å²) < 4.78 is 16.1. The Morgan fingerprint density at radius 3 is 2.80 bits per heavy atom. The molecule has 4 aliphatic carbocycles. The lowest BCUT2D eigenvalue weighted by Gasteiger charge is -2.44. The van der Waals surface area contributed by atoms with Crippen LogP contribution in [0.2, 0.25) is 0 Å². The van der Waals surface area contributed by atoms with Gasteiger partial charge in [-0.25, -0.2) is 0 Å². The predicted molar refractivity (Wildman–Crippen MR) is 100 cm³/mol. The number of aliphatic hydroxyl groups is 2. The van der Waals surface area contributed by atoms with Crippen molar-refractivity contribution in [3.8, 4) is 0 Å². The molecule has 0 aromatic carbocycles. The van der Waals surface area contributed by atoms with Gasteiger partial charge in [-0.05, 0) is 49.7 Å². The van der Waals surface area contributed by atoms with Crippen molar-refractivity contribution in [2.45, 2.75) is 56.8 Å². The number of rotatable bonds is 3. The van der Waals surface area contributed by atoms with E-state index in [9.17, 15) is 24.6 Å². The zero-order valence-electron chi connectivity index (χ0n) is 17.1. The predicted octanol–water partition coefficient (Wildman–Crippen LogP) is 1.01. The largest absolute Gasteiger partial charge is 0.454 e. The average molecular weight is 418 g/mol. The van der Waals surface area contributed by atoms with Crippen LogP contribution < -0.4 is 0 Å². The summed E-state index contributed by atoms with van der Waals surface area (Å²) in [6.45, 7) is 6.40. The molecule has 4 bridgehead atoms. The Morgan fingerprint density at radius 1 is 1.37 bits per heavy atom. The van der Waals surface area contributed by atoms with E-state index in [1.54, 1.807) is 19.1 Å². The summed E-state index contributed by atoms with van der Waals surface area (Å²) in [7, 11) is 0. The molecule has 4 fully saturated rings. The molecule has 30 heavy (non-hydrogen) atoms. The lowest BCUT2D eigenvalue weighted by atomic mass is 9.61. The monoisotopic (exact) mass is 418 g/mol. The first-order chi connectivity index (χ1) is 14.0. The molecule has 0 radical (unpaired) electrons. The number of carbonyl (C=O) groups excluding carboxylic acids is 3. The summed E-state index contributed by atoms with van der Waals surface area (Å²) in [6.07, 6.45) is 4.01. The molecule has 8 atom stereocenters. The second kappa shape index (κ2) is 5.73. The van der Waals surface area contributed by atoms with Crippen LogP contribution in [0.1, 0.15) is 39.5 Å². The first kappa shape index (κ1) is 19.8. The zero-order valence-corrected chi connectivity index (χ0v) is 17.1. The third-order valence-corrected chi connectivity index (χ3v) is 8.57. The minimum atomic E-state index is -1.31. The second-order valence-electron chi connectivity index (χ2n) is 9.82. The van der Waals surface area contributed by atoms with E-state index in [1.165, 1.54) is 6.92 Å². The van der Waals surface area contributed by atoms with Gasteiger partial charge in [0, 0.05) is 18.8 Å².